The molecule has 1 fully saturated rings. The summed E-state index contributed by atoms with van der Waals surface area (Å²) in [5, 5.41) is 2.79. The van der Waals surface area contributed by atoms with Crippen LogP contribution in [0, 0.1) is 5.82 Å². The van der Waals surface area contributed by atoms with E-state index in [1.807, 2.05) is 0 Å². The number of amides is 2. The lowest BCUT2D eigenvalue weighted by atomic mass is 10.1. The highest BCUT2D eigenvalue weighted by Crippen LogP contribution is 2.08. The fraction of sp³-hybridized carbons (Fsp3) is 0.381. The first-order valence-electron chi connectivity index (χ1n) is 9.58. The molecule has 0 unspecified atom stereocenters. The summed E-state index contributed by atoms with van der Waals surface area (Å²) in [5.74, 6) is -0.751. The molecule has 0 bridgehead atoms. The molecule has 0 aliphatic carbocycles. The Morgan fingerprint density at radius 2 is 1.71 bits per heavy atom. The van der Waals surface area contributed by atoms with Crippen LogP contribution in [0.25, 0.3) is 0 Å². The van der Waals surface area contributed by atoms with E-state index in [4.69, 9.17) is 0 Å². The Kier molecular flexibility index (Phi) is 6.71. The molecule has 0 radical (unpaired) electrons. The van der Waals surface area contributed by atoms with Gasteiger partial charge in [0.1, 0.15) is 17.2 Å². The molecule has 1 aliphatic rings. The Morgan fingerprint density at radius 1 is 1.04 bits per heavy atom. The number of pyridine rings is 1. The summed E-state index contributed by atoms with van der Waals surface area (Å²) in [5.41, 5.74) is 1.44. The van der Waals surface area contributed by atoms with Gasteiger partial charge in [-0.25, -0.2) is 9.37 Å². The van der Waals surface area contributed by atoms with E-state index < -0.39 is 0 Å². The molecule has 2 amide bonds. The average Bonchev–Trinajstić information content (AvgIpc) is 2.74. The maximum atomic E-state index is 12.9. The van der Waals surface area contributed by atoms with E-state index in [-0.39, 0.29) is 29.0 Å². The lowest BCUT2D eigenvalue weighted by molar-refractivity contribution is 0.0637. The molecule has 28 heavy (non-hydrogen) atoms. The molecule has 0 atom stereocenters. The number of halogens is 1. The number of nitrogens with zero attached hydrogens (tertiary/aromatic N) is 3. The van der Waals surface area contributed by atoms with Gasteiger partial charge in [0.15, 0.2) is 0 Å². The predicted molar refractivity (Wildman–Crippen MR) is 105 cm³/mol. The Bertz CT molecular complexity index is 817. The highest BCUT2D eigenvalue weighted by molar-refractivity contribution is 5.96. The van der Waals surface area contributed by atoms with Gasteiger partial charge in [-0.3, -0.25) is 9.59 Å². The van der Waals surface area contributed by atoms with Gasteiger partial charge in [-0.2, -0.15) is 0 Å². The number of piperazine rings is 1. The second kappa shape index (κ2) is 9.41. The van der Waals surface area contributed by atoms with E-state index >= 15 is 0 Å². The molecular formula is C21H25FN4O2. The topological polar surface area (TPSA) is 65.5 Å². The van der Waals surface area contributed by atoms with Gasteiger partial charge in [-0.15, -0.1) is 0 Å². The third kappa shape index (κ3) is 5.13. The molecule has 1 aliphatic heterocycles. The fourth-order valence-electron chi connectivity index (χ4n) is 3.17. The SMILES string of the molecule is CCN1CCN(C(=O)c2cccc(C(=O)NCCc3ccc(F)cc3)n2)CC1. The quantitative estimate of drug-likeness (QED) is 0.827. The van der Waals surface area contributed by atoms with Crippen LogP contribution in [0.4, 0.5) is 4.39 Å². The van der Waals surface area contributed by atoms with Gasteiger partial charge in [0.2, 0.25) is 0 Å². The number of hydrogen-bond acceptors (Lipinski definition) is 4. The number of carbonyl (C=O) groups excluding carboxylic acids is 2. The van der Waals surface area contributed by atoms with E-state index in [0.717, 1.165) is 25.2 Å². The number of nitrogens with one attached hydrogen (secondary N) is 1. The summed E-state index contributed by atoms with van der Waals surface area (Å²) in [6.45, 7) is 6.54. The molecule has 0 spiro atoms. The van der Waals surface area contributed by atoms with Crippen LogP contribution in [-0.2, 0) is 6.42 Å². The molecule has 3 rings (SSSR count). The molecule has 1 aromatic carbocycles. The largest absolute Gasteiger partial charge is 0.350 e. The second-order valence-electron chi connectivity index (χ2n) is 6.77. The molecule has 2 heterocycles. The zero-order valence-electron chi connectivity index (χ0n) is 16.0. The van der Waals surface area contributed by atoms with Crippen LogP contribution in [0.15, 0.2) is 42.5 Å². The summed E-state index contributed by atoms with van der Waals surface area (Å²) < 4.78 is 12.9. The molecule has 1 N–H and O–H groups in total. The van der Waals surface area contributed by atoms with Crippen molar-refractivity contribution >= 4 is 11.8 Å². The van der Waals surface area contributed by atoms with Crippen molar-refractivity contribution in [2.45, 2.75) is 13.3 Å². The van der Waals surface area contributed by atoms with E-state index in [0.29, 0.717) is 26.1 Å². The predicted octanol–water partition coefficient (Wildman–Crippen LogP) is 1.97. The Morgan fingerprint density at radius 3 is 2.39 bits per heavy atom. The van der Waals surface area contributed by atoms with Crippen LogP contribution in [0.1, 0.15) is 33.5 Å². The van der Waals surface area contributed by atoms with Crippen LogP contribution in [0.5, 0.6) is 0 Å². The van der Waals surface area contributed by atoms with Crippen molar-refractivity contribution in [2.75, 3.05) is 39.3 Å². The summed E-state index contributed by atoms with van der Waals surface area (Å²) >= 11 is 0. The standard InChI is InChI=1S/C21H25FN4O2/c1-2-25-12-14-26(15-13-25)21(28)19-5-3-4-18(24-19)20(27)23-11-10-16-6-8-17(22)9-7-16/h3-9H,2,10-15H2,1H3,(H,23,27). The maximum absolute atomic E-state index is 12.9. The van der Waals surface area contributed by atoms with E-state index in [9.17, 15) is 14.0 Å². The van der Waals surface area contributed by atoms with Crippen molar-refractivity contribution in [1.29, 1.82) is 0 Å². The smallest absolute Gasteiger partial charge is 0.272 e. The van der Waals surface area contributed by atoms with Gasteiger partial charge in [-0.1, -0.05) is 25.1 Å². The van der Waals surface area contributed by atoms with Gasteiger partial charge < -0.3 is 15.1 Å². The number of carbonyl (C=O) groups is 2. The van der Waals surface area contributed by atoms with Crippen molar-refractivity contribution in [1.82, 2.24) is 20.1 Å². The number of hydrogen-bond donors (Lipinski definition) is 1. The average molecular weight is 384 g/mol. The van der Waals surface area contributed by atoms with E-state index in [2.05, 4.69) is 22.1 Å². The maximum Gasteiger partial charge on any atom is 0.272 e. The monoisotopic (exact) mass is 384 g/mol. The summed E-state index contributed by atoms with van der Waals surface area (Å²) in [6, 6.07) is 11.1. The minimum atomic E-state index is -0.326. The van der Waals surface area contributed by atoms with Gasteiger partial charge in [0.05, 0.1) is 0 Å². The van der Waals surface area contributed by atoms with Crippen LogP contribution in [-0.4, -0.2) is 65.9 Å². The van der Waals surface area contributed by atoms with E-state index in [1.54, 1.807) is 35.2 Å². The first-order chi connectivity index (χ1) is 13.6. The Balaban J connectivity index is 1.55. The van der Waals surface area contributed by atoms with Crippen LogP contribution >= 0.6 is 0 Å². The Hall–Kier alpha value is -2.80. The van der Waals surface area contributed by atoms with Crippen molar-refractivity contribution in [3.8, 4) is 0 Å². The molecule has 0 saturated carbocycles. The minimum Gasteiger partial charge on any atom is -0.350 e. The fourth-order valence-corrected chi connectivity index (χ4v) is 3.17. The third-order valence-corrected chi connectivity index (χ3v) is 4.92. The van der Waals surface area contributed by atoms with E-state index in [1.165, 1.54) is 12.1 Å². The first kappa shape index (κ1) is 19.9. The van der Waals surface area contributed by atoms with Crippen molar-refractivity contribution in [3.63, 3.8) is 0 Å². The molecule has 1 aromatic heterocycles. The van der Waals surface area contributed by atoms with Gasteiger partial charge >= 0.3 is 0 Å². The van der Waals surface area contributed by atoms with Crippen LogP contribution in [0.3, 0.4) is 0 Å². The van der Waals surface area contributed by atoms with Crippen LogP contribution in [0.2, 0.25) is 0 Å². The lowest BCUT2D eigenvalue weighted by Crippen LogP contribution is -2.48. The zero-order chi connectivity index (χ0) is 19.9. The first-order valence-corrected chi connectivity index (χ1v) is 9.58. The molecule has 2 aromatic rings. The van der Waals surface area contributed by atoms with Gasteiger partial charge in [0.25, 0.3) is 11.8 Å². The normalized spacial score (nSPS) is 14.7. The number of aromatic nitrogens is 1. The van der Waals surface area contributed by atoms with Gasteiger partial charge in [-0.05, 0) is 42.8 Å². The number of benzene rings is 1. The highest BCUT2D eigenvalue weighted by atomic mass is 19.1. The lowest BCUT2D eigenvalue weighted by Gasteiger charge is -2.33. The van der Waals surface area contributed by atoms with Crippen LogP contribution < -0.4 is 5.32 Å². The number of rotatable bonds is 6. The molecule has 7 heteroatoms. The molecule has 1 saturated heterocycles. The summed E-state index contributed by atoms with van der Waals surface area (Å²) in [7, 11) is 0. The summed E-state index contributed by atoms with van der Waals surface area (Å²) in [6.07, 6.45) is 0.590. The molecule has 148 valence electrons. The van der Waals surface area contributed by atoms with Crippen molar-refractivity contribution in [2.24, 2.45) is 0 Å². The minimum absolute atomic E-state index is 0.142. The summed E-state index contributed by atoms with van der Waals surface area (Å²) in [4.78, 5) is 33.4. The molecular weight excluding hydrogens is 359 g/mol. The molecule has 6 nitrogen and oxygen atoms in total. The van der Waals surface area contributed by atoms with Crippen molar-refractivity contribution in [3.05, 3.63) is 65.2 Å². The van der Waals surface area contributed by atoms with Gasteiger partial charge in [0, 0.05) is 32.7 Å². The number of likely N-dealkylation sites (N-methyl/N-ethyl adjacent to an activating group) is 1. The second-order valence-corrected chi connectivity index (χ2v) is 6.77. The third-order valence-electron chi connectivity index (χ3n) is 4.92. The van der Waals surface area contributed by atoms with Crippen molar-refractivity contribution < 1.29 is 14.0 Å². The highest BCUT2D eigenvalue weighted by Gasteiger charge is 2.22. The Labute approximate surface area is 164 Å². The zero-order valence-corrected chi connectivity index (χ0v) is 16.0.